The van der Waals surface area contributed by atoms with Crippen LogP contribution in [0.5, 0.6) is 0 Å². The normalized spacial score (nSPS) is 18.1. The lowest BCUT2D eigenvalue weighted by Crippen LogP contribution is -2.57. The molecule has 1 amide bonds. The molecule has 0 aromatic rings. The van der Waals surface area contributed by atoms with Gasteiger partial charge in [0.2, 0.25) is 5.91 Å². The molecule has 1 rings (SSSR count). The number of nitrogens with two attached hydrogens (primary N) is 1. The van der Waals surface area contributed by atoms with Crippen LogP contribution >= 0.6 is 0 Å². The Balaban J connectivity index is 2.64. The van der Waals surface area contributed by atoms with E-state index < -0.39 is 5.54 Å². The van der Waals surface area contributed by atoms with E-state index in [0.29, 0.717) is 26.1 Å². The highest BCUT2D eigenvalue weighted by atomic mass is 16.5. The average Bonchev–Trinajstić information content (AvgIpc) is 2.39. The van der Waals surface area contributed by atoms with Gasteiger partial charge >= 0.3 is 0 Å². The first-order chi connectivity index (χ1) is 8.64. The van der Waals surface area contributed by atoms with E-state index in [2.05, 4.69) is 6.07 Å². The third-order valence-electron chi connectivity index (χ3n) is 3.52. The molecule has 5 nitrogen and oxygen atoms in total. The number of rotatable bonds is 6. The summed E-state index contributed by atoms with van der Waals surface area (Å²) >= 11 is 0. The van der Waals surface area contributed by atoms with Gasteiger partial charge in [-0.2, -0.15) is 5.26 Å². The molecule has 102 valence electrons. The van der Waals surface area contributed by atoms with Crippen LogP contribution in [0.4, 0.5) is 0 Å². The van der Waals surface area contributed by atoms with Crippen LogP contribution in [0.2, 0.25) is 0 Å². The van der Waals surface area contributed by atoms with Gasteiger partial charge in [-0.05, 0) is 12.8 Å². The zero-order valence-electron chi connectivity index (χ0n) is 11.2. The molecule has 0 saturated heterocycles. The summed E-state index contributed by atoms with van der Waals surface area (Å²) in [4.78, 5) is 14.1. The Hall–Kier alpha value is -1.12. The molecule has 0 aliphatic heterocycles. The van der Waals surface area contributed by atoms with E-state index in [-0.39, 0.29) is 5.91 Å². The number of carbonyl (C=O) groups excluding carboxylic acids is 1. The van der Waals surface area contributed by atoms with E-state index in [9.17, 15) is 4.79 Å². The number of ether oxygens (including phenoxy) is 1. The molecule has 1 fully saturated rings. The van der Waals surface area contributed by atoms with Crippen molar-refractivity contribution < 1.29 is 9.53 Å². The van der Waals surface area contributed by atoms with Crippen molar-refractivity contribution in [1.29, 1.82) is 5.26 Å². The van der Waals surface area contributed by atoms with Crippen molar-refractivity contribution in [2.45, 2.75) is 44.1 Å². The second-order valence-corrected chi connectivity index (χ2v) is 4.91. The van der Waals surface area contributed by atoms with Gasteiger partial charge < -0.3 is 15.4 Å². The average molecular weight is 253 g/mol. The molecule has 1 aliphatic rings. The van der Waals surface area contributed by atoms with Gasteiger partial charge in [0.05, 0.1) is 24.6 Å². The molecule has 2 N–H and O–H groups in total. The quantitative estimate of drug-likeness (QED) is 0.767. The molecule has 0 aromatic carbocycles. The minimum absolute atomic E-state index is 0.0190. The van der Waals surface area contributed by atoms with Gasteiger partial charge in [-0.1, -0.05) is 19.3 Å². The lowest BCUT2D eigenvalue weighted by atomic mass is 9.81. The predicted octanol–water partition coefficient (Wildman–Crippen LogP) is 1.04. The third kappa shape index (κ3) is 3.97. The van der Waals surface area contributed by atoms with E-state index in [0.717, 1.165) is 32.1 Å². The Morgan fingerprint density at radius 3 is 2.61 bits per heavy atom. The number of nitrogens with zero attached hydrogens (tertiary/aromatic N) is 2. The number of hydrogen-bond donors (Lipinski definition) is 1. The van der Waals surface area contributed by atoms with Crippen molar-refractivity contribution >= 4 is 5.91 Å². The van der Waals surface area contributed by atoms with Gasteiger partial charge in [-0.15, -0.1) is 0 Å². The summed E-state index contributed by atoms with van der Waals surface area (Å²) in [6, 6.07) is 2.07. The van der Waals surface area contributed by atoms with Gasteiger partial charge in [0, 0.05) is 20.2 Å². The van der Waals surface area contributed by atoms with Crippen LogP contribution in [-0.4, -0.2) is 43.2 Å². The van der Waals surface area contributed by atoms with Crippen LogP contribution in [0.25, 0.3) is 0 Å². The van der Waals surface area contributed by atoms with Crippen molar-refractivity contribution in [1.82, 2.24) is 4.90 Å². The minimum Gasteiger partial charge on any atom is -0.383 e. The number of amides is 1. The fourth-order valence-corrected chi connectivity index (χ4v) is 2.41. The Labute approximate surface area is 109 Å². The Morgan fingerprint density at radius 2 is 2.06 bits per heavy atom. The molecule has 1 saturated carbocycles. The molecule has 5 heteroatoms. The van der Waals surface area contributed by atoms with Gasteiger partial charge in [0.15, 0.2) is 0 Å². The minimum atomic E-state index is -0.721. The van der Waals surface area contributed by atoms with E-state index in [4.69, 9.17) is 15.7 Å². The molecule has 0 unspecified atom stereocenters. The highest BCUT2D eigenvalue weighted by molar-refractivity contribution is 5.86. The summed E-state index contributed by atoms with van der Waals surface area (Å²) in [5, 5.41) is 8.65. The van der Waals surface area contributed by atoms with Crippen LogP contribution < -0.4 is 5.73 Å². The molecule has 0 bridgehead atoms. The molecule has 0 radical (unpaired) electrons. The maximum Gasteiger partial charge on any atom is 0.242 e. The van der Waals surface area contributed by atoms with Crippen LogP contribution in [0, 0.1) is 11.3 Å². The Bertz CT molecular complexity index is 306. The molecule has 0 atom stereocenters. The lowest BCUT2D eigenvalue weighted by Gasteiger charge is -2.36. The zero-order valence-corrected chi connectivity index (χ0v) is 11.2. The highest BCUT2D eigenvalue weighted by Crippen LogP contribution is 2.27. The van der Waals surface area contributed by atoms with Gasteiger partial charge in [0.1, 0.15) is 0 Å². The molecule has 0 aromatic heterocycles. The SMILES string of the molecule is COCCN(CCC#N)C(=O)C1(N)CCCCC1. The topological polar surface area (TPSA) is 79.3 Å². The van der Waals surface area contributed by atoms with Gasteiger partial charge in [-0.3, -0.25) is 4.79 Å². The highest BCUT2D eigenvalue weighted by Gasteiger charge is 2.37. The number of hydrogen-bond acceptors (Lipinski definition) is 4. The summed E-state index contributed by atoms with van der Waals surface area (Å²) in [5.74, 6) is -0.0190. The zero-order chi connectivity index (χ0) is 13.4. The fourth-order valence-electron chi connectivity index (χ4n) is 2.41. The predicted molar refractivity (Wildman–Crippen MR) is 68.7 cm³/mol. The lowest BCUT2D eigenvalue weighted by molar-refractivity contribution is -0.138. The molecule has 1 aliphatic carbocycles. The Morgan fingerprint density at radius 1 is 1.39 bits per heavy atom. The maximum atomic E-state index is 12.5. The van der Waals surface area contributed by atoms with Crippen LogP contribution in [0.3, 0.4) is 0 Å². The van der Waals surface area contributed by atoms with E-state index in [1.165, 1.54) is 0 Å². The van der Waals surface area contributed by atoms with Crippen molar-refractivity contribution in [3.8, 4) is 6.07 Å². The van der Waals surface area contributed by atoms with Gasteiger partial charge in [0.25, 0.3) is 0 Å². The standard InChI is InChI=1S/C13H23N3O2/c1-18-11-10-16(9-5-8-14)12(17)13(15)6-3-2-4-7-13/h2-7,9-11,15H2,1H3. The monoisotopic (exact) mass is 253 g/mol. The largest absolute Gasteiger partial charge is 0.383 e. The van der Waals surface area contributed by atoms with Crippen LogP contribution in [-0.2, 0) is 9.53 Å². The first-order valence-electron chi connectivity index (χ1n) is 6.58. The summed E-state index contributed by atoms with van der Waals surface area (Å²) in [6.45, 7) is 1.43. The summed E-state index contributed by atoms with van der Waals surface area (Å²) in [6.07, 6.45) is 5.02. The fraction of sp³-hybridized carbons (Fsp3) is 0.846. The number of methoxy groups -OCH3 is 1. The maximum absolute atomic E-state index is 12.5. The second-order valence-electron chi connectivity index (χ2n) is 4.91. The summed E-state index contributed by atoms with van der Waals surface area (Å²) in [7, 11) is 1.60. The van der Waals surface area contributed by atoms with Crippen LogP contribution in [0.15, 0.2) is 0 Å². The van der Waals surface area contributed by atoms with E-state index in [1.54, 1.807) is 12.0 Å². The van der Waals surface area contributed by atoms with Crippen molar-refractivity contribution in [2.24, 2.45) is 5.73 Å². The Kier molecular flexibility index (Phi) is 6.10. The first kappa shape index (κ1) is 14.9. The van der Waals surface area contributed by atoms with Crippen molar-refractivity contribution in [3.05, 3.63) is 0 Å². The van der Waals surface area contributed by atoms with E-state index in [1.807, 2.05) is 0 Å². The number of nitriles is 1. The van der Waals surface area contributed by atoms with Crippen molar-refractivity contribution in [2.75, 3.05) is 26.8 Å². The first-order valence-corrected chi connectivity index (χ1v) is 6.58. The number of carbonyl (C=O) groups is 1. The van der Waals surface area contributed by atoms with E-state index >= 15 is 0 Å². The molecule has 18 heavy (non-hydrogen) atoms. The van der Waals surface area contributed by atoms with Crippen molar-refractivity contribution in [3.63, 3.8) is 0 Å². The second kappa shape index (κ2) is 7.34. The smallest absolute Gasteiger partial charge is 0.242 e. The third-order valence-corrected chi connectivity index (χ3v) is 3.52. The molecule has 0 heterocycles. The molecular weight excluding hydrogens is 230 g/mol. The summed E-state index contributed by atoms with van der Waals surface area (Å²) in [5.41, 5.74) is 5.51. The summed E-state index contributed by atoms with van der Waals surface area (Å²) < 4.78 is 5.01. The molecule has 0 spiro atoms. The molecular formula is C13H23N3O2. The van der Waals surface area contributed by atoms with Gasteiger partial charge in [-0.25, -0.2) is 0 Å². The van der Waals surface area contributed by atoms with Crippen LogP contribution in [0.1, 0.15) is 38.5 Å².